The predicted octanol–water partition coefficient (Wildman–Crippen LogP) is 4.97. The molecule has 0 amide bonds. The minimum Gasteiger partial charge on any atom is -0.492 e. The van der Waals surface area contributed by atoms with Crippen LogP contribution < -0.4 is 0 Å². The van der Waals surface area contributed by atoms with Crippen molar-refractivity contribution in [3.05, 3.63) is 52.4 Å². The molecule has 0 unspecified atom stereocenters. The van der Waals surface area contributed by atoms with E-state index >= 15 is 0 Å². The van der Waals surface area contributed by atoms with Crippen molar-refractivity contribution in [2.45, 2.75) is 20.8 Å². The fourth-order valence-corrected chi connectivity index (χ4v) is 4.07. The summed E-state index contributed by atoms with van der Waals surface area (Å²) in [4.78, 5) is 12.9. The van der Waals surface area contributed by atoms with E-state index in [1.165, 1.54) is 4.52 Å². The van der Waals surface area contributed by atoms with Gasteiger partial charge in [-0.25, -0.2) is 22.5 Å². The van der Waals surface area contributed by atoms with E-state index in [9.17, 15) is 18.0 Å². The summed E-state index contributed by atoms with van der Waals surface area (Å²) in [5.74, 6) is -3.88. The Bertz CT molecular complexity index is 1090. The second-order valence-corrected chi connectivity index (χ2v) is 6.78. The number of aryl methyl sites for hydroxylation is 1. The normalized spacial score (nSPS) is 11.1. The number of fused-ring (bicyclic) bond motifs is 1. The molecule has 0 N–H and O–H groups in total. The van der Waals surface area contributed by atoms with Crippen LogP contribution in [0.4, 0.5) is 13.2 Å². The molecule has 0 spiro atoms. The Hall–Kier alpha value is -2.81. The third-order valence-corrected chi connectivity index (χ3v) is 5.08. The van der Waals surface area contributed by atoms with Crippen LogP contribution in [0.15, 0.2) is 18.7 Å². The van der Waals surface area contributed by atoms with E-state index < -0.39 is 23.4 Å². The van der Waals surface area contributed by atoms with E-state index in [1.54, 1.807) is 20.8 Å². The van der Waals surface area contributed by atoms with Crippen molar-refractivity contribution >= 4 is 27.9 Å². The Morgan fingerprint density at radius 3 is 2.54 bits per heavy atom. The molecule has 0 aliphatic rings. The molecular weight excluding hydrogens is 393 g/mol. The van der Waals surface area contributed by atoms with E-state index in [0.29, 0.717) is 23.2 Å². The lowest BCUT2D eigenvalue weighted by atomic mass is 10.1. The van der Waals surface area contributed by atoms with Crippen LogP contribution in [-0.4, -0.2) is 28.8 Å². The lowest BCUT2D eigenvalue weighted by Crippen LogP contribution is -2.08. The number of hydrogen-bond acceptors (Lipinski definition) is 5. The number of ether oxygens (including phenoxy) is 2. The SMILES string of the molecule is C=C(OCC)c1c(C(=O)OCC)sc2c(-c3cc(F)cc(F)c3F)c(C)nn12. The minimum atomic E-state index is -1.31. The minimum absolute atomic E-state index is 0.148. The van der Waals surface area contributed by atoms with E-state index in [4.69, 9.17) is 9.47 Å². The highest BCUT2D eigenvalue weighted by molar-refractivity contribution is 7.20. The maximum Gasteiger partial charge on any atom is 0.350 e. The van der Waals surface area contributed by atoms with Crippen molar-refractivity contribution in [2.75, 3.05) is 13.2 Å². The summed E-state index contributed by atoms with van der Waals surface area (Å²) in [5.41, 5.74) is 0.486. The van der Waals surface area contributed by atoms with Gasteiger partial charge < -0.3 is 9.47 Å². The fraction of sp³-hybridized carbons (Fsp3) is 0.263. The first-order valence-electron chi connectivity index (χ1n) is 8.46. The first-order chi connectivity index (χ1) is 13.3. The quantitative estimate of drug-likeness (QED) is 0.327. The summed E-state index contributed by atoms with van der Waals surface area (Å²) in [6.45, 7) is 9.26. The average molecular weight is 410 g/mol. The second-order valence-electron chi connectivity index (χ2n) is 5.78. The Labute approximate surface area is 163 Å². The molecule has 0 radical (unpaired) electrons. The molecule has 0 atom stereocenters. The van der Waals surface area contributed by atoms with E-state index in [1.807, 2.05) is 0 Å². The van der Waals surface area contributed by atoms with Crippen LogP contribution in [0.2, 0.25) is 0 Å². The molecule has 3 rings (SSSR count). The summed E-state index contributed by atoms with van der Waals surface area (Å²) >= 11 is 0.962. The number of carbonyl (C=O) groups is 1. The number of aromatic nitrogens is 2. The van der Waals surface area contributed by atoms with Gasteiger partial charge in [-0.1, -0.05) is 6.58 Å². The number of benzene rings is 1. The highest BCUT2D eigenvalue weighted by Gasteiger charge is 2.28. The predicted molar refractivity (Wildman–Crippen MR) is 99.7 cm³/mol. The number of thiazole rings is 1. The summed E-state index contributed by atoms with van der Waals surface area (Å²) < 4.78 is 53.8. The Balaban J connectivity index is 2.33. The average Bonchev–Trinajstić information content (AvgIpc) is 3.13. The molecule has 0 aliphatic heterocycles. The van der Waals surface area contributed by atoms with E-state index in [2.05, 4.69) is 11.7 Å². The molecule has 148 valence electrons. The third kappa shape index (κ3) is 3.26. The van der Waals surface area contributed by atoms with Gasteiger partial charge in [0.05, 0.1) is 18.9 Å². The number of nitrogens with zero attached hydrogens (tertiary/aromatic N) is 2. The molecular formula is C19H17F3N2O3S. The number of rotatable bonds is 6. The first kappa shape index (κ1) is 19.9. The summed E-state index contributed by atoms with van der Waals surface area (Å²) in [6.07, 6.45) is 0. The summed E-state index contributed by atoms with van der Waals surface area (Å²) in [6, 6.07) is 1.36. The highest BCUT2D eigenvalue weighted by Crippen LogP contribution is 2.39. The van der Waals surface area contributed by atoms with Crippen molar-refractivity contribution in [3.63, 3.8) is 0 Å². The van der Waals surface area contributed by atoms with Crippen LogP contribution in [-0.2, 0) is 9.47 Å². The topological polar surface area (TPSA) is 52.8 Å². The molecule has 0 saturated heterocycles. The molecule has 2 heterocycles. The van der Waals surface area contributed by atoms with Crippen molar-refractivity contribution in [1.82, 2.24) is 9.61 Å². The van der Waals surface area contributed by atoms with E-state index in [0.717, 1.165) is 17.4 Å². The van der Waals surface area contributed by atoms with Crippen molar-refractivity contribution < 1.29 is 27.4 Å². The van der Waals surface area contributed by atoms with Crippen molar-refractivity contribution in [3.8, 4) is 11.1 Å². The lowest BCUT2D eigenvalue weighted by molar-refractivity contribution is 0.0530. The molecule has 0 saturated carbocycles. The molecule has 28 heavy (non-hydrogen) atoms. The van der Waals surface area contributed by atoms with Gasteiger partial charge >= 0.3 is 5.97 Å². The van der Waals surface area contributed by atoms with Gasteiger partial charge in [0.25, 0.3) is 0 Å². The Morgan fingerprint density at radius 1 is 1.21 bits per heavy atom. The molecule has 9 heteroatoms. The number of halogens is 3. The zero-order chi connectivity index (χ0) is 20.6. The summed E-state index contributed by atoms with van der Waals surface area (Å²) in [5, 5.41) is 4.32. The largest absolute Gasteiger partial charge is 0.492 e. The maximum atomic E-state index is 14.4. The van der Waals surface area contributed by atoms with Gasteiger partial charge in [0, 0.05) is 17.2 Å². The molecule has 5 nitrogen and oxygen atoms in total. The molecule has 3 aromatic rings. The Kier molecular flexibility index (Phi) is 5.46. The van der Waals surface area contributed by atoms with Gasteiger partial charge in [-0.05, 0) is 26.8 Å². The van der Waals surface area contributed by atoms with Gasteiger partial charge in [0.2, 0.25) is 0 Å². The lowest BCUT2D eigenvalue weighted by Gasteiger charge is -2.07. The zero-order valence-electron chi connectivity index (χ0n) is 15.4. The van der Waals surface area contributed by atoms with E-state index in [-0.39, 0.29) is 34.1 Å². The van der Waals surface area contributed by atoms with Crippen LogP contribution in [0, 0.1) is 24.4 Å². The van der Waals surface area contributed by atoms with Crippen LogP contribution >= 0.6 is 11.3 Å². The highest BCUT2D eigenvalue weighted by atomic mass is 32.1. The van der Waals surface area contributed by atoms with Crippen LogP contribution in [0.3, 0.4) is 0 Å². The van der Waals surface area contributed by atoms with Crippen LogP contribution in [0.5, 0.6) is 0 Å². The van der Waals surface area contributed by atoms with Gasteiger partial charge in [0.15, 0.2) is 11.6 Å². The molecule has 1 aromatic carbocycles. The van der Waals surface area contributed by atoms with Crippen LogP contribution in [0.1, 0.15) is 34.9 Å². The molecule has 0 bridgehead atoms. The van der Waals surface area contributed by atoms with Gasteiger partial charge in [-0.2, -0.15) is 5.10 Å². The monoisotopic (exact) mass is 410 g/mol. The zero-order valence-corrected chi connectivity index (χ0v) is 16.3. The maximum absolute atomic E-state index is 14.4. The summed E-state index contributed by atoms with van der Waals surface area (Å²) in [7, 11) is 0. The number of carbonyl (C=O) groups excluding carboxylic acids is 1. The van der Waals surface area contributed by atoms with Gasteiger partial charge in [-0.15, -0.1) is 11.3 Å². The molecule has 0 aliphatic carbocycles. The molecule has 0 fully saturated rings. The first-order valence-corrected chi connectivity index (χ1v) is 9.27. The van der Waals surface area contributed by atoms with Gasteiger partial charge in [0.1, 0.15) is 27.0 Å². The van der Waals surface area contributed by atoms with Crippen LogP contribution in [0.25, 0.3) is 21.7 Å². The smallest absolute Gasteiger partial charge is 0.350 e. The Morgan fingerprint density at radius 2 is 1.89 bits per heavy atom. The van der Waals surface area contributed by atoms with Crippen molar-refractivity contribution in [1.29, 1.82) is 0 Å². The van der Waals surface area contributed by atoms with Gasteiger partial charge in [-0.3, -0.25) is 0 Å². The second kappa shape index (κ2) is 7.67. The van der Waals surface area contributed by atoms with Crippen molar-refractivity contribution in [2.24, 2.45) is 0 Å². The third-order valence-electron chi connectivity index (χ3n) is 3.95. The molecule has 2 aromatic heterocycles. The number of hydrogen-bond donors (Lipinski definition) is 0. The fourth-order valence-electron chi connectivity index (χ4n) is 2.86. The number of esters is 1. The standard InChI is InChI=1S/C19H17F3N2O3S/c1-5-26-10(4)16-17(19(25)27-6-2)28-18-14(9(3)23-24(16)18)12-7-11(20)8-13(21)15(12)22/h7-8H,4-6H2,1-3H3.